The van der Waals surface area contributed by atoms with Gasteiger partial charge in [0.15, 0.2) is 0 Å². The van der Waals surface area contributed by atoms with Gasteiger partial charge in [-0.15, -0.1) is 0 Å². The van der Waals surface area contributed by atoms with Crippen LogP contribution >= 0.6 is 0 Å². The Kier molecular flexibility index (Phi) is 8.00. The van der Waals surface area contributed by atoms with Crippen molar-refractivity contribution in [3.8, 4) is 0 Å². The van der Waals surface area contributed by atoms with Crippen molar-refractivity contribution in [3.63, 3.8) is 0 Å². The average molecular weight is 494 g/mol. The van der Waals surface area contributed by atoms with Gasteiger partial charge in [0.05, 0.1) is 35.6 Å². The summed E-state index contributed by atoms with van der Waals surface area (Å²) in [7, 11) is 0. The van der Waals surface area contributed by atoms with E-state index in [1.807, 2.05) is 12.1 Å². The third-order valence-corrected chi connectivity index (χ3v) is 6.67. The summed E-state index contributed by atoms with van der Waals surface area (Å²) >= 11 is 0. The Balaban J connectivity index is 1.50. The molecule has 1 fully saturated rings. The van der Waals surface area contributed by atoms with Crippen molar-refractivity contribution in [2.45, 2.75) is 32.7 Å². The van der Waals surface area contributed by atoms with Gasteiger partial charge >= 0.3 is 17.6 Å². The molecule has 0 aliphatic carbocycles. The number of aromatic nitrogens is 2. The van der Waals surface area contributed by atoms with Crippen LogP contribution in [-0.2, 0) is 20.8 Å². The molecule has 0 spiro atoms. The van der Waals surface area contributed by atoms with E-state index in [9.17, 15) is 19.2 Å². The quantitative estimate of drug-likeness (QED) is 0.480. The molecule has 2 atom stereocenters. The van der Waals surface area contributed by atoms with Crippen LogP contribution in [0.3, 0.4) is 0 Å². The molecule has 0 radical (unpaired) electrons. The van der Waals surface area contributed by atoms with Crippen molar-refractivity contribution in [2.75, 3.05) is 32.8 Å². The molecule has 2 heterocycles. The van der Waals surface area contributed by atoms with Crippen LogP contribution in [0.1, 0.15) is 42.1 Å². The van der Waals surface area contributed by atoms with Crippen LogP contribution in [0, 0.1) is 5.92 Å². The van der Waals surface area contributed by atoms with Gasteiger partial charge < -0.3 is 19.4 Å². The molecule has 190 valence electrons. The molecule has 0 saturated carbocycles. The lowest BCUT2D eigenvalue weighted by molar-refractivity contribution is -0.150. The van der Waals surface area contributed by atoms with Gasteiger partial charge in [0.25, 0.3) is 5.56 Å². The number of H-pyrrole nitrogens is 1. The summed E-state index contributed by atoms with van der Waals surface area (Å²) in [6, 6.07) is 14.1. The lowest BCUT2D eigenvalue weighted by Gasteiger charge is -2.37. The number of carbonyl (C=O) groups is 2. The number of rotatable bonds is 8. The summed E-state index contributed by atoms with van der Waals surface area (Å²) in [5.41, 5.74) is 1.17. The summed E-state index contributed by atoms with van der Waals surface area (Å²) in [5, 5.41) is 0.464. The van der Waals surface area contributed by atoms with Gasteiger partial charge in [-0.1, -0.05) is 24.3 Å². The van der Waals surface area contributed by atoms with E-state index in [1.54, 1.807) is 50.2 Å². The molecule has 1 saturated heterocycles. The molecule has 36 heavy (non-hydrogen) atoms. The third kappa shape index (κ3) is 5.41. The molecule has 1 aliphatic rings. The fourth-order valence-corrected chi connectivity index (χ4v) is 4.83. The van der Waals surface area contributed by atoms with Crippen LogP contribution in [0.15, 0.2) is 58.1 Å². The Morgan fingerprint density at radius 2 is 1.69 bits per heavy atom. The van der Waals surface area contributed by atoms with E-state index in [4.69, 9.17) is 9.47 Å². The molecule has 1 N–H and O–H groups in total. The molecule has 2 aromatic carbocycles. The lowest BCUT2D eigenvalue weighted by atomic mass is 9.80. The highest BCUT2D eigenvalue weighted by Gasteiger charge is 2.36. The molecular formula is C27H31N3O6. The summed E-state index contributed by atoms with van der Waals surface area (Å²) in [6.07, 6.45) is 0.700. The van der Waals surface area contributed by atoms with Crippen LogP contribution in [-0.4, -0.2) is 59.2 Å². The number of esters is 2. The van der Waals surface area contributed by atoms with Gasteiger partial charge in [0.2, 0.25) is 0 Å². The monoisotopic (exact) mass is 493 g/mol. The predicted octanol–water partition coefficient (Wildman–Crippen LogP) is 2.54. The van der Waals surface area contributed by atoms with E-state index < -0.39 is 11.6 Å². The number of nitrogens with one attached hydrogen (secondary N) is 1. The standard InChI is InChI=1S/C27H31N3O6/c1-3-35-25(32)19-11-9-18(10-12-19)20-13-14-29(17-22(20)26(33)36-4-2)15-16-30-24(31)21-7-5-6-8-23(21)28-27(30)34/h5-12,20,22H,3-4,13-17H2,1-2H3,(H,28,34)/t20-,22?/m1/s1. The van der Waals surface area contributed by atoms with Crippen LogP contribution in [0.4, 0.5) is 0 Å². The second-order valence-corrected chi connectivity index (χ2v) is 8.83. The van der Waals surface area contributed by atoms with Crippen molar-refractivity contribution < 1.29 is 19.1 Å². The molecular weight excluding hydrogens is 462 g/mol. The van der Waals surface area contributed by atoms with Crippen molar-refractivity contribution in [1.29, 1.82) is 0 Å². The number of benzene rings is 2. The fourth-order valence-electron chi connectivity index (χ4n) is 4.83. The first-order valence-electron chi connectivity index (χ1n) is 12.3. The smallest absolute Gasteiger partial charge is 0.338 e. The Hall–Kier alpha value is -3.72. The third-order valence-electron chi connectivity index (χ3n) is 6.67. The molecule has 1 aromatic heterocycles. The van der Waals surface area contributed by atoms with Gasteiger partial charge in [-0.3, -0.25) is 14.2 Å². The maximum atomic E-state index is 12.9. The number of piperidine rings is 1. The molecule has 1 unspecified atom stereocenters. The normalized spacial score (nSPS) is 18.2. The number of ether oxygens (including phenoxy) is 2. The maximum Gasteiger partial charge on any atom is 0.338 e. The molecule has 9 heteroatoms. The van der Waals surface area contributed by atoms with Crippen molar-refractivity contribution in [1.82, 2.24) is 14.5 Å². The van der Waals surface area contributed by atoms with Gasteiger partial charge in [0, 0.05) is 19.6 Å². The Morgan fingerprint density at radius 3 is 2.42 bits per heavy atom. The van der Waals surface area contributed by atoms with Gasteiger partial charge in [-0.05, 0) is 62.6 Å². The first kappa shape index (κ1) is 25.4. The summed E-state index contributed by atoms with van der Waals surface area (Å²) in [5.74, 6) is -1.12. The minimum atomic E-state index is -0.447. The predicted molar refractivity (Wildman–Crippen MR) is 135 cm³/mol. The Labute approximate surface area is 208 Å². The highest BCUT2D eigenvalue weighted by molar-refractivity contribution is 5.89. The molecule has 0 amide bonds. The van der Waals surface area contributed by atoms with Crippen molar-refractivity contribution in [2.24, 2.45) is 5.92 Å². The summed E-state index contributed by atoms with van der Waals surface area (Å²) < 4.78 is 11.6. The number of carbonyl (C=O) groups excluding carboxylic acids is 2. The van der Waals surface area contributed by atoms with Crippen LogP contribution in [0.2, 0.25) is 0 Å². The molecule has 4 rings (SSSR count). The number of aromatic amines is 1. The van der Waals surface area contributed by atoms with E-state index >= 15 is 0 Å². The number of para-hydroxylation sites is 1. The summed E-state index contributed by atoms with van der Waals surface area (Å²) in [6.45, 7) is 5.94. The fraction of sp³-hybridized carbons (Fsp3) is 0.407. The Morgan fingerprint density at radius 1 is 0.972 bits per heavy atom. The van der Waals surface area contributed by atoms with Crippen LogP contribution < -0.4 is 11.2 Å². The number of fused-ring (bicyclic) bond motifs is 1. The number of nitrogens with zero attached hydrogens (tertiary/aromatic N) is 2. The first-order chi connectivity index (χ1) is 17.4. The molecule has 0 bridgehead atoms. The average Bonchev–Trinajstić information content (AvgIpc) is 2.89. The van der Waals surface area contributed by atoms with Gasteiger partial charge in [0.1, 0.15) is 0 Å². The second kappa shape index (κ2) is 11.3. The second-order valence-electron chi connectivity index (χ2n) is 8.83. The largest absolute Gasteiger partial charge is 0.466 e. The highest BCUT2D eigenvalue weighted by Crippen LogP contribution is 2.34. The van der Waals surface area contributed by atoms with Crippen LogP contribution in [0.25, 0.3) is 10.9 Å². The summed E-state index contributed by atoms with van der Waals surface area (Å²) in [4.78, 5) is 55.1. The zero-order valence-corrected chi connectivity index (χ0v) is 20.6. The van der Waals surface area contributed by atoms with Gasteiger partial charge in [-0.2, -0.15) is 0 Å². The minimum Gasteiger partial charge on any atom is -0.466 e. The minimum absolute atomic E-state index is 0.0664. The molecule has 3 aromatic rings. The zero-order valence-electron chi connectivity index (χ0n) is 20.6. The maximum absolute atomic E-state index is 12.9. The first-order valence-corrected chi connectivity index (χ1v) is 12.3. The lowest BCUT2D eigenvalue weighted by Crippen LogP contribution is -2.46. The van der Waals surface area contributed by atoms with E-state index in [0.717, 1.165) is 5.56 Å². The number of likely N-dealkylation sites (tertiary alicyclic amines) is 1. The van der Waals surface area contributed by atoms with Crippen molar-refractivity contribution in [3.05, 3.63) is 80.5 Å². The topological polar surface area (TPSA) is 111 Å². The molecule has 9 nitrogen and oxygen atoms in total. The van der Waals surface area contributed by atoms with Gasteiger partial charge in [-0.25, -0.2) is 9.59 Å². The number of hydrogen-bond acceptors (Lipinski definition) is 7. The van der Waals surface area contributed by atoms with E-state index in [1.165, 1.54) is 4.57 Å². The van der Waals surface area contributed by atoms with Crippen molar-refractivity contribution >= 4 is 22.8 Å². The van der Waals surface area contributed by atoms with Crippen LogP contribution in [0.5, 0.6) is 0 Å². The van der Waals surface area contributed by atoms with E-state index in [0.29, 0.717) is 49.1 Å². The highest BCUT2D eigenvalue weighted by atomic mass is 16.5. The Bertz CT molecular complexity index is 1340. The molecule has 1 aliphatic heterocycles. The SMILES string of the molecule is CCOC(=O)c1ccc([C@H]2CCN(CCn3c(=O)[nH]c4ccccc4c3=O)CC2C(=O)OCC)cc1. The number of hydrogen-bond donors (Lipinski definition) is 1. The van der Waals surface area contributed by atoms with E-state index in [2.05, 4.69) is 9.88 Å². The van der Waals surface area contributed by atoms with E-state index in [-0.39, 0.29) is 36.6 Å². The zero-order chi connectivity index (χ0) is 25.7.